The minimum Gasteiger partial charge on any atom is -0.345 e. The van der Waals surface area contributed by atoms with E-state index in [1.807, 2.05) is 18.4 Å². The maximum atomic E-state index is 13.7. The average Bonchev–Trinajstić information content (AvgIpc) is 2.48. The van der Waals surface area contributed by atoms with Crippen LogP contribution in [0.3, 0.4) is 0 Å². The fraction of sp³-hybridized carbons (Fsp3) is 0.235. The largest absolute Gasteiger partial charge is 0.345 e. The van der Waals surface area contributed by atoms with Crippen molar-refractivity contribution in [2.75, 3.05) is 6.26 Å². The summed E-state index contributed by atoms with van der Waals surface area (Å²) in [6.45, 7) is 1.66. The number of thioether (sulfide) groups is 1. The van der Waals surface area contributed by atoms with Crippen LogP contribution in [0.15, 0.2) is 42.5 Å². The molecule has 0 heterocycles. The van der Waals surface area contributed by atoms with Crippen LogP contribution in [0, 0.1) is 11.6 Å². The van der Waals surface area contributed by atoms with Crippen LogP contribution < -0.4 is 5.32 Å². The number of carbonyl (C=O) groups is 1. The second-order valence-corrected chi connectivity index (χ2v) is 5.86. The standard InChI is InChI=1S/C17H17F2NOS/c1-11(15-8-7-14(18)9-16(15)19)20-17(21)13-5-3-12(4-6-13)10-22-2/h3-9,11H,10H2,1-2H3,(H,20,21)/t11-/m1/s1. The molecule has 0 aliphatic rings. The average molecular weight is 321 g/mol. The highest BCUT2D eigenvalue weighted by atomic mass is 32.2. The van der Waals surface area contributed by atoms with E-state index in [1.165, 1.54) is 12.1 Å². The Morgan fingerprint density at radius 3 is 2.45 bits per heavy atom. The summed E-state index contributed by atoms with van der Waals surface area (Å²) in [5.41, 5.74) is 1.91. The van der Waals surface area contributed by atoms with E-state index in [2.05, 4.69) is 5.32 Å². The van der Waals surface area contributed by atoms with Crippen molar-refractivity contribution in [3.63, 3.8) is 0 Å². The Balaban J connectivity index is 2.07. The molecule has 0 bridgehead atoms. The molecule has 5 heteroatoms. The van der Waals surface area contributed by atoms with Gasteiger partial charge in [-0.25, -0.2) is 8.78 Å². The molecule has 0 aliphatic carbocycles. The van der Waals surface area contributed by atoms with Crippen LogP contribution in [0.1, 0.15) is 34.5 Å². The molecule has 2 aromatic carbocycles. The maximum absolute atomic E-state index is 13.7. The van der Waals surface area contributed by atoms with Crippen molar-refractivity contribution < 1.29 is 13.6 Å². The number of nitrogens with one attached hydrogen (secondary N) is 1. The van der Waals surface area contributed by atoms with Gasteiger partial charge in [0.1, 0.15) is 11.6 Å². The third kappa shape index (κ3) is 4.07. The Hall–Kier alpha value is -1.88. The number of halogens is 2. The lowest BCUT2D eigenvalue weighted by molar-refractivity contribution is 0.0939. The molecule has 0 radical (unpaired) electrons. The van der Waals surface area contributed by atoms with Gasteiger partial charge in [0, 0.05) is 22.9 Å². The highest BCUT2D eigenvalue weighted by Crippen LogP contribution is 2.18. The van der Waals surface area contributed by atoms with Crippen molar-refractivity contribution in [1.29, 1.82) is 0 Å². The van der Waals surface area contributed by atoms with Crippen LogP contribution in [0.25, 0.3) is 0 Å². The van der Waals surface area contributed by atoms with Gasteiger partial charge in [-0.1, -0.05) is 18.2 Å². The van der Waals surface area contributed by atoms with Gasteiger partial charge in [-0.2, -0.15) is 11.8 Å². The summed E-state index contributed by atoms with van der Waals surface area (Å²) in [4.78, 5) is 12.2. The van der Waals surface area contributed by atoms with E-state index >= 15 is 0 Å². The zero-order chi connectivity index (χ0) is 16.1. The normalized spacial score (nSPS) is 12.0. The molecule has 0 saturated carbocycles. The molecule has 0 fully saturated rings. The lowest BCUT2D eigenvalue weighted by Crippen LogP contribution is -2.27. The summed E-state index contributed by atoms with van der Waals surface area (Å²) >= 11 is 1.71. The maximum Gasteiger partial charge on any atom is 0.251 e. The van der Waals surface area contributed by atoms with Crippen LogP contribution in [0.2, 0.25) is 0 Å². The minimum absolute atomic E-state index is 0.258. The zero-order valence-corrected chi connectivity index (χ0v) is 13.2. The molecule has 1 N–H and O–H groups in total. The molecule has 116 valence electrons. The summed E-state index contributed by atoms with van der Waals surface area (Å²) in [5, 5.41) is 2.72. The van der Waals surface area contributed by atoms with Gasteiger partial charge in [0.05, 0.1) is 6.04 Å². The highest BCUT2D eigenvalue weighted by molar-refractivity contribution is 7.97. The number of benzene rings is 2. The molecule has 0 aliphatic heterocycles. The Morgan fingerprint density at radius 1 is 1.18 bits per heavy atom. The smallest absolute Gasteiger partial charge is 0.251 e. The monoisotopic (exact) mass is 321 g/mol. The van der Waals surface area contributed by atoms with E-state index in [9.17, 15) is 13.6 Å². The summed E-state index contributed by atoms with van der Waals surface area (Å²) in [6, 6.07) is 10.1. The fourth-order valence-corrected chi connectivity index (χ4v) is 2.66. The summed E-state index contributed by atoms with van der Waals surface area (Å²) in [5.74, 6) is -0.696. The van der Waals surface area contributed by atoms with Gasteiger partial charge in [0.25, 0.3) is 5.91 Å². The quantitative estimate of drug-likeness (QED) is 0.888. The number of rotatable bonds is 5. The Bertz CT molecular complexity index is 658. The molecule has 2 aromatic rings. The minimum atomic E-state index is -0.664. The van der Waals surface area contributed by atoms with E-state index in [1.54, 1.807) is 30.8 Å². The molecule has 0 spiro atoms. The van der Waals surface area contributed by atoms with Crippen LogP contribution >= 0.6 is 11.8 Å². The number of hydrogen-bond acceptors (Lipinski definition) is 2. The van der Waals surface area contributed by atoms with Crippen molar-refractivity contribution in [3.05, 3.63) is 70.8 Å². The van der Waals surface area contributed by atoms with Crippen molar-refractivity contribution >= 4 is 17.7 Å². The third-order valence-electron chi connectivity index (χ3n) is 3.30. The van der Waals surface area contributed by atoms with Crippen molar-refractivity contribution in [3.8, 4) is 0 Å². The number of amides is 1. The van der Waals surface area contributed by atoms with Crippen LogP contribution in [0.5, 0.6) is 0 Å². The van der Waals surface area contributed by atoms with Crippen LogP contribution in [-0.4, -0.2) is 12.2 Å². The van der Waals surface area contributed by atoms with E-state index in [4.69, 9.17) is 0 Å². The molecular formula is C17H17F2NOS. The first-order valence-electron chi connectivity index (χ1n) is 6.85. The van der Waals surface area contributed by atoms with E-state index in [0.717, 1.165) is 17.4 Å². The number of hydrogen-bond donors (Lipinski definition) is 1. The second-order valence-electron chi connectivity index (χ2n) is 4.99. The number of carbonyl (C=O) groups excluding carboxylic acids is 1. The van der Waals surface area contributed by atoms with Gasteiger partial charge in [-0.15, -0.1) is 0 Å². The molecular weight excluding hydrogens is 304 g/mol. The first kappa shape index (κ1) is 16.5. The van der Waals surface area contributed by atoms with E-state index in [-0.39, 0.29) is 11.5 Å². The molecule has 0 aromatic heterocycles. The third-order valence-corrected chi connectivity index (χ3v) is 3.93. The summed E-state index contributed by atoms with van der Waals surface area (Å²) in [7, 11) is 0. The zero-order valence-electron chi connectivity index (χ0n) is 12.4. The van der Waals surface area contributed by atoms with Crippen LogP contribution in [-0.2, 0) is 5.75 Å². The molecule has 2 nitrogen and oxygen atoms in total. The Morgan fingerprint density at radius 2 is 1.86 bits per heavy atom. The first-order valence-corrected chi connectivity index (χ1v) is 8.24. The lowest BCUT2D eigenvalue weighted by atomic mass is 10.1. The van der Waals surface area contributed by atoms with Gasteiger partial charge in [0.15, 0.2) is 0 Å². The van der Waals surface area contributed by atoms with Gasteiger partial charge in [-0.3, -0.25) is 4.79 Å². The van der Waals surface area contributed by atoms with Crippen molar-refractivity contribution in [1.82, 2.24) is 5.32 Å². The highest BCUT2D eigenvalue weighted by Gasteiger charge is 2.15. The Kier molecular flexibility index (Phi) is 5.55. The van der Waals surface area contributed by atoms with Gasteiger partial charge < -0.3 is 5.32 Å². The van der Waals surface area contributed by atoms with Crippen molar-refractivity contribution in [2.45, 2.75) is 18.7 Å². The molecule has 1 atom stereocenters. The van der Waals surface area contributed by atoms with Gasteiger partial charge >= 0.3 is 0 Å². The topological polar surface area (TPSA) is 29.1 Å². The second kappa shape index (κ2) is 7.40. The molecule has 0 unspecified atom stereocenters. The first-order chi connectivity index (χ1) is 10.5. The summed E-state index contributed by atoms with van der Waals surface area (Å²) < 4.78 is 26.6. The molecule has 0 saturated heterocycles. The summed E-state index contributed by atoms with van der Waals surface area (Å²) in [6.07, 6.45) is 2.01. The predicted octanol–water partition coefficient (Wildman–Crippen LogP) is 4.32. The predicted molar refractivity (Wildman–Crippen MR) is 85.9 cm³/mol. The van der Waals surface area contributed by atoms with E-state index in [0.29, 0.717) is 5.56 Å². The van der Waals surface area contributed by atoms with Gasteiger partial charge in [0.2, 0.25) is 0 Å². The van der Waals surface area contributed by atoms with Crippen molar-refractivity contribution in [2.24, 2.45) is 0 Å². The SMILES string of the molecule is CSCc1ccc(C(=O)N[C@H](C)c2ccc(F)cc2F)cc1. The van der Waals surface area contributed by atoms with Crippen LogP contribution in [0.4, 0.5) is 8.78 Å². The van der Waals surface area contributed by atoms with E-state index < -0.39 is 17.7 Å². The lowest BCUT2D eigenvalue weighted by Gasteiger charge is -2.15. The fourth-order valence-electron chi connectivity index (χ4n) is 2.13. The molecule has 1 amide bonds. The van der Waals surface area contributed by atoms with Gasteiger partial charge in [-0.05, 0) is 36.9 Å². The molecule has 2 rings (SSSR count). The molecule has 22 heavy (non-hydrogen) atoms. The Labute approximate surface area is 132 Å².